The number of hydrogen-bond acceptors (Lipinski definition) is 2. The van der Waals surface area contributed by atoms with Crippen LogP contribution in [0.1, 0.15) is 5.56 Å². The van der Waals surface area contributed by atoms with Gasteiger partial charge in [-0.3, -0.25) is 4.90 Å². The summed E-state index contributed by atoms with van der Waals surface area (Å²) in [4.78, 5) is 12.8. The summed E-state index contributed by atoms with van der Waals surface area (Å²) >= 11 is 0. The van der Waals surface area contributed by atoms with Gasteiger partial charge in [-0.05, 0) is 19.1 Å². The van der Waals surface area contributed by atoms with Crippen LogP contribution in [-0.4, -0.2) is 23.9 Å². The number of nitrogens with zero attached hydrogens (tertiary/aromatic N) is 1. The number of anilines is 1. The topological polar surface area (TPSA) is 52.6 Å². The zero-order chi connectivity index (χ0) is 10.1. The number of benzene rings is 1. The van der Waals surface area contributed by atoms with Gasteiger partial charge in [-0.1, -0.05) is 17.7 Å². The van der Waals surface area contributed by atoms with E-state index in [1.807, 2.05) is 31.2 Å². The predicted molar refractivity (Wildman–Crippen MR) is 53.1 cm³/mol. The van der Waals surface area contributed by atoms with E-state index in [9.17, 15) is 9.90 Å². The van der Waals surface area contributed by atoms with Crippen molar-refractivity contribution in [2.24, 2.45) is 0 Å². The number of aryl methyl sites for hydroxylation is 1. The minimum atomic E-state index is -0.760. The fourth-order valence-corrected chi connectivity index (χ4v) is 1.47. The molecule has 14 heavy (non-hydrogen) atoms. The van der Waals surface area contributed by atoms with E-state index in [0.29, 0.717) is 6.54 Å². The van der Waals surface area contributed by atoms with Gasteiger partial charge in [0.15, 0.2) is 0 Å². The largest absolute Gasteiger partial charge is 0.372 e. The highest BCUT2D eigenvalue weighted by Gasteiger charge is 2.27. The number of nitrogens with one attached hydrogen (secondary N) is 1. The maximum absolute atomic E-state index is 11.3. The Kier molecular flexibility index (Phi) is 2.13. The lowest BCUT2D eigenvalue weighted by Gasteiger charge is -2.13. The summed E-state index contributed by atoms with van der Waals surface area (Å²) in [6, 6.07) is 7.36. The Morgan fingerprint density at radius 1 is 1.43 bits per heavy atom. The van der Waals surface area contributed by atoms with E-state index in [1.54, 1.807) is 0 Å². The highest BCUT2D eigenvalue weighted by atomic mass is 16.3. The van der Waals surface area contributed by atoms with Gasteiger partial charge < -0.3 is 10.4 Å². The van der Waals surface area contributed by atoms with Crippen molar-refractivity contribution >= 4 is 11.7 Å². The minimum absolute atomic E-state index is 0.249. The van der Waals surface area contributed by atoms with Crippen LogP contribution < -0.4 is 10.2 Å². The molecule has 1 aliphatic rings. The van der Waals surface area contributed by atoms with Crippen molar-refractivity contribution in [3.63, 3.8) is 0 Å². The van der Waals surface area contributed by atoms with E-state index in [2.05, 4.69) is 5.32 Å². The summed E-state index contributed by atoms with van der Waals surface area (Å²) in [6.45, 7) is 2.30. The molecule has 1 heterocycles. The molecule has 2 amide bonds. The Labute approximate surface area is 82.2 Å². The molecule has 1 saturated heterocycles. The summed E-state index contributed by atoms with van der Waals surface area (Å²) in [5.74, 6) is 0. The zero-order valence-electron chi connectivity index (χ0n) is 7.90. The van der Waals surface area contributed by atoms with E-state index in [-0.39, 0.29) is 6.03 Å². The molecular formula is C10H12N2O2. The molecule has 0 aliphatic carbocycles. The number of carbonyl (C=O) groups excluding carboxylic acids is 1. The molecule has 0 bridgehead atoms. The van der Waals surface area contributed by atoms with Crippen LogP contribution in [0.5, 0.6) is 0 Å². The van der Waals surface area contributed by atoms with E-state index in [1.165, 1.54) is 4.90 Å². The van der Waals surface area contributed by atoms with Crippen molar-refractivity contribution in [2.45, 2.75) is 13.2 Å². The molecule has 2 rings (SSSR count). The van der Waals surface area contributed by atoms with Crippen molar-refractivity contribution in [3.05, 3.63) is 29.8 Å². The van der Waals surface area contributed by atoms with Crippen LogP contribution in [0.4, 0.5) is 10.5 Å². The van der Waals surface area contributed by atoms with Gasteiger partial charge in [0.1, 0.15) is 6.23 Å². The smallest absolute Gasteiger partial charge is 0.324 e. The number of rotatable bonds is 1. The Bertz CT molecular complexity index is 348. The average Bonchev–Trinajstić information content (AvgIpc) is 2.47. The monoisotopic (exact) mass is 192 g/mol. The summed E-state index contributed by atoms with van der Waals surface area (Å²) in [6.07, 6.45) is -0.760. The molecule has 0 saturated carbocycles. The second-order valence-corrected chi connectivity index (χ2v) is 3.41. The van der Waals surface area contributed by atoms with Gasteiger partial charge >= 0.3 is 6.03 Å². The Balaban J connectivity index is 2.23. The minimum Gasteiger partial charge on any atom is -0.372 e. The lowest BCUT2D eigenvalue weighted by molar-refractivity contribution is 0.173. The molecule has 1 aliphatic heterocycles. The molecule has 1 aromatic rings. The van der Waals surface area contributed by atoms with E-state index < -0.39 is 6.23 Å². The number of urea groups is 1. The van der Waals surface area contributed by atoms with Crippen LogP contribution in [0, 0.1) is 6.92 Å². The summed E-state index contributed by atoms with van der Waals surface area (Å²) in [5.41, 5.74) is 1.96. The summed E-state index contributed by atoms with van der Waals surface area (Å²) < 4.78 is 0. The van der Waals surface area contributed by atoms with E-state index in [0.717, 1.165) is 11.3 Å². The Morgan fingerprint density at radius 3 is 2.57 bits per heavy atom. The number of β-amino-alcohol motifs (C(OH)–C–C–N with tert-alkyl or cyclic N) is 1. The number of amides is 2. The summed E-state index contributed by atoms with van der Waals surface area (Å²) in [7, 11) is 0. The highest BCUT2D eigenvalue weighted by Crippen LogP contribution is 2.17. The van der Waals surface area contributed by atoms with Gasteiger partial charge in [0, 0.05) is 5.69 Å². The van der Waals surface area contributed by atoms with Crippen LogP contribution in [0.3, 0.4) is 0 Å². The first-order valence-electron chi connectivity index (χ1n) is 4.49. The predicted octanol–water partition coefficient (Wildman–Crippen LogP) is 0.843. The molecule has 1 atom stereocenters. The normalized spacial score (nSPS) is 21.1. The van der Waals surface area contributed by atoms with Crippen molar-refractivity contribution in [3.8, 4) is 0 Å². The van der Waals surface area contributed by atoms with Crippen molar-refractivity contribution in [1.29, 1.82) is 0 Å². The highest BCUT2D eigenvalue weighted by molar-refractivity contribution is 5.94. The van der Waals surface area contributed by atoms with Gasteiger partial charge in [-0.15, -0.1) is 0 Å². The molecule has 0 radical (unpaired) electrons. The van der Waals surface area contributed by atoms with Crippen molar-refractivity contribution in [1.82, 2.24) is 5.32 Å². The van der Waals surface area contributed by atoms with Gasteiger partial charge in [-0.25, -0.2) is 4.79 Å². The third-order valence-electron chi connectivity index (χ3n) is 2.24. The van der Waals surface area contributed by atoms with Gasteiger partial charge in [0.2, 0.25) is 0 Å². The number of aliphatic hydroxyl groups is 1. The molecule has 0 aromatic heterocycles. The molecule has 1 unspecified atom stereocenters. The fourth-order valence-electron chi connectivity index (χ4n) is 1.47. The van der Waals surface area contributed by atoms with Crippen molar-refractivity contribution in [2.75, 3.05) is 11.4 Å². The molecule has 1 aromatic carbocycles. The third kappa shape index (κ3) is 1.56. The Hall–Kier alpha value is -1.55. The van der Waals surface area contributed by atoms with Crippen LogP contribution in [-0.2, 0) is 0 Å². The van der Waals surface area contributed by atoms with Crippen molar-refractivity contribution < 1.29 is 9.90 Å². The van der Waals surface area contributed by atoms with E-state index >= 15 is 0 Å². The fraction of sp³-hybridized carbons (Fsp3) is 0.300. The van der Waals surface area contributed by atoms with E-state index in [4.69, 9.17) is 0 Å². The first-order chi connectivity index (χ1) is 6.66. The number of hydrogen-bond donors (Lipinski definition) is 2. The molecule has 0 spiro atoms. The second kappa shape index (κ2) is 3.31. The molecule has 4 heteroatoms. The molecule has 4 nitrogen and oxygen atoms in total. The van der Waals surface area contributed by atoms with Gasteiger partial charge in [-0.2, -0.15) is 0 Å². The standard InChI is InChI=1S/C10H12N2O2/c1-7-2-4-8(5-3-7)12-6-9(13)11-10(12)14/h2-5,9,13H,6H2,1H3,(H,11,14). The molecule has 74 valence electrons. The lowest BCUT2D eigenvalue weighted by atomic mass is 10.2. The van der Waals surface area contributed by atoms with Crippen LogP contribution in [0.2, 0.25) is 0 Å². The van der Waals surface area contributed by atoms with Gasteiger partial charge in [0.25, 0.3) is 0 Å². The van der Waals surface area contributed by atoms with Crippen LogP contribution in [0.15, 0.2) is 24.3 Å². The first-order valence-corrected chi connectivity index (χ1v) is 4.49. The number of aliphatic hydroxyl groups excluding tert-OH is 1. The maximum atomic E-state index is 11.3. The average molecular weight is 192 g/mol. The lowest BCUT2D eigenvalue weighted by Crippen LogP contribution is -2.28. The summed E-state index contributed by atoms with van der Waals surface area (Å²) in [5, 5.41) is 11.6. The van der Waals surface area contributed by atoms with Gasteiger partial charge in [0.05, 0.1) is 6.54 Å². The second-order valence-electron chi connectivity index (χ2n) is 3.41. The SMILES string of the molecule is Cc1ccc(N2CC(O)NC2=O)cc1. The quantitative estimate of drug-likeness (QED) is 0.692. The van der Waals surface area contributed by atoms with Crippen LogP contribution >= 0.6 is 0 Å². The Morgan fingerprint density at radius 2 is 2.07 bits per heavy atom. The molecule has 1 fully saturated rings. The van der Waals surface area contributed by atoms with Crippen LogP contribution in [0.25, 0.3) is 0 Å². The zero-order valence-corrected chi connectivity index (χ0v) is 7.90. The molecular weight excluding hydrogens is 180 g/mol. The first kappa shape index (κ1) is 9.02. The molecule has 2 N–H and O–H groups in total. The number of carbonyl (C=O) groups is 1. The third-order valence-corrected chi connectivity index (χ3v) is 2.24. The maximum Gasteiger partial charge on any atom is 0.324 e.